The Hall–Kier alpha value is -3.36. The number of anilines is 1. The molecule has 0 spiro atoms. The van der Waals surface area contributed by atoms with E-state index in [1.165, 1.54) is 23.3 Å². The fourth-order valence-corrected chi connectivity index (χ4v) is 4.65. The fraction of sp³-hybridized carbons (Fsp3) is 0.409. The number of benzene rings is 1. The largest absolute Gasteiger partial charge is 0.340 e. The first-order valence-corrected chi connectivity index (χ1v) is 10.6. The Bertz CT molecular complexity index is 1100. The number of aromatic nitrogens is 5. The summed E-state index contributed by atoms with van der Waals surface area (Å²) in [4.78, 5) is 27.8. The highest BCUT2D eigenvalue weighted by molar-refractivity contribution is 5.98. The van der Waals surface area contributed by atoms with Crippen molar-refractivity contribution in [3.05, 3.63) is 59.4 Å². The van der Waals surface area contributed by atoms with Gasteiger partial charge in [0.25, 0.3) is 5.91 Å². The molecule has 2 aliphatic rings. The van der Waals surface area contributed by atoms with E-state index in [1.54, 1.807) is 17.0 Å². The summed E-state index contributed by atoms with van der Waals surface area (Å²) < 4.78 is 14.7. The molecular weight excluding hydrogens is 397 g/mol. The van der Waals surface area contributed by atoms with Gasteiger partial charge in [-0.15, -0.1) is 0 Å². The third-order valence-electron chi connectivity index (χ3n) is 6.15. The van der Waals surface area contributed by atoms with E-state index in [1.807, 2.05) is 13.0 Å². The molecule has 2 saturated heterocycles. The van der Waals surface area contributed by atoms with E-state index in [0.29, 0.717) is 30.6 Å². The minimum atomic E-state index is -0.557. The van der Waals surface area contributed by atoms with Crippen LogP contribution in [0.3, 0.4) is 0 Å². The minimum Gasteiger partial charge on any atom is -0.340 e. The van der Waals surface area contributed by atoms with Crippen molar-refractivity contribution in [3.63, 3.8) is 0 Å². The molecule has 1 amide bonds. The molecule has 3 aromatic rings. The van der Waals surface area contributed by atoms with Gasteiger partial charge in [-0.1, -0.05) is 13.0 Å². The summed E-state index contributed by atoms with van der Waals surface area (Å²) in [6, 6.07) is 6.55. The molecule has 8 nitrogen and oxygen atoms in total. The van der Waals surface area contributed by atoms with Crippen LogP contribution in [0.25, 0.3) is 5.69 Å². The fourth-order valence-electron chi connectivity index (χ4n) is 4.65. The van der Waals surface area contributed by atoms with Crippen molar-refractivity contribution in [3.8, 4) is 5.69 Å². The molecule has 0 N–H and O–H groups in total. The van der Waals surface area contributed by atoms with Crippen LogP contribution in [0.2, 0.25) is 0 Å². The van der Waals surface area contributed by atoms with E-state index < -0.39 is 5.82 Å². The van der Waals surface area contributed by atoms with Crippen molar-refractivity contribution in [2.24, 2.45) is 11.8 Å². The number of nitrogens with zero attached hydrogens (tertiary/aromatic N) is 7. The lowest BCUT2D eigenvalue weighted by Gasteiger charge is -2.23. The van der Waals surface area contributed by atoms with Crippen LogP contribution in [0, 0.1) is 24.6 Å². The van der Waals surface area contributed by atoms with Gasteiger partial charge in [-0.25, -0.2) is 14.4 Å². The maximum atomic E-state index is 14.7. The molecule has 0 aliphatic carbocycles. The van der Waals surface area contributed by atoms with Gasteiger partial charge in [0.05, 0.1) is 12.4 Å². The van der Waals surface area contributed by atoms with Crippen molar-refractivity contribution in [2.75, 3.05) is 31.1 Å². The second-order valence-corrected chi connectivity index (χ2v) is 8.24. The molecule has 0 radical (unpaired) electrons. The molecule has 5 rings (SSSR count). The van der Waals surface area contributed by atoms with Gasteiger partial charge in [0.15, 0.2) is 0 Å². The molecule has 0 bridgehead atoms. The number of hydrogen-bond donors (Lipinski definition) is 0. The predicted octanol–water partition coefficient (Wildman–Crippen LogP) is 2.28. The number of carbonyl (C=O) groups is 1. The van der Waals surface area contributed by atoms with Gasteiger partial charge in [0.1, 0.15) is 17.1 Å². The summed E-state index contributed by atoms with van der Waals surface area (Å²) in [5, 5.41) is 8.13. The van der Waals surface area contributed by atoms with Crippen molar-refractivity contribution in [2.45, 2.75) is 20.3 Å². The van der Waals surface area contributed by atoms with Crippen LogP contribution in [-0.4, -0.2) is 61.9 Å². The van der Waals surface area contributed by atoms with Gasteiger partial charge in [0, 0.05) is 49.4 Å². The van der Waals surface area contributed by atoms with E-state index in [0.717, 1.165) is 36.8 Å². The molecule has 2 aliphatic heterocycles. The van der Waals surface area contributed by atoms with Gasteiger partial charge in [-0.3, -0.25) is 4.79 Å². The van der Waals surface area contributed by atoms with Crippen molar-refractivity contribution >= 4 is 11.9 Å². The number of carbonyl (C=O) groups excluding carboxylic acids is 1. The van der Waals surface area contributed by atoms with Crippen LogP contribution in [-0.2, 0) is 6.42 Å². The van der Waals surface area contributed by atoms with Crippen LogP contribution >= 0.6 is 0 Å². The quantitative estimate of drug-likeness (QED) is 0.643. The first-order valence-electron chi connectivity index (χ1n) is 10.6. The summed E-state index contributed by atoms with van der Waals surface area (Å²) in [7, 11) is 0. The van der Waals surface area contributed by atoms with E-state index in [9.17, 15) is 9.18 Å². The number of aryl methyl sites for hydroxylation is 2. The molecule has 0 saturated carbocycles. The average Bonchev–Trinajstić information content (AvgIpc) is 3.49. The summed E-state index contributed by atoms with van der Waals surface area (Å²) in [5.41, 5.74) is 2.38. The maximum Gasteiger partial charge on any atom is 0.259 e. The number of amides is 1. The molecule has 9 heteroatoms. The SMILES string of the molecule is CCc1cc(C)nc(N2CC3CN(C(=O)c4c(F)cccc4-n4nccn4)CC3C2)n1. The number of fused-ring (bicyclic) bond motifs is 1. The smallest absolute Gasteiger partial charge is 0.259 e. The van der Waals surface area contributed by atoms with Crippen molar-refractivity contribution in [1.82, 2.24) is 29.9 Å². The Morgan fingerprint density at radius 3 is 2.48 bits per heavy atom. The lowest BCUT2D eigenvalue weighted by Crippen LogP contribution is -2.35. The van der Waals surface area contributed by atoms with E-state index >= 15 is 0 Å². The lowest BCUT2D eigenvalue weighted by molar-refractivity contribution is 0.0777. The molecule has 1 aromatic carbocycles. The van der Waals surface area contributed by atoms with Gasteiger partial charge < -0.3 is 9.80 Å². The van der Waals surface area contributed by atoms with E-state index in [-0.39, 0.29) is 11.5 Å². The normalized spacial score (nSPS) is 20.4. The van der Waals surface area contributed by atoms with Crippen molar-refractivity contribution < 1.29 is 9.18 Å². The zero-order valence-electron chi connectivity index (χ0n) is 17.6. The summed E-state index contributed by atoms with van der Waals surface area (Å²) >= 11 is 0. The summed E-state index contributed by atoms with van der Waals surface area (Å²) in [6.45, 7) is 6.85. The van der Waals surface area contributed by atoms with E-state index in [4.69, 9.17) is 0 Å². The van der Waals surface area contributed by atoms with Crippen LogP contribution < -0.4 is 4.90 Å². The Morgan fingerprint density at radius 1 is 1.10 bits per heavy atom. The van der Waals surface area contributed by atoms with Crippen LogP contribution in [0.5, 0.6) is 0 Å². The highest BCUT2D eigenvalue weighted by atomic mass is 19.1. The number of hydrogen-bond acceptors (Lipinski definition) is 6. The minimum absolute atomic E-state index is 0.0186. The number of halogens is 1. The molecule has 2 atom stereocenters. The zero-order valence-corrected chi connectivity index (χ0v) is 17.6. The standard InChI is InChI=1S/C22H24FN7O/c1-3-17-9-14(2)26-22(27-17)29-12-15-10-28(11-16(15)13-29)21(31)20-18(23)5-4-6-19(20)30-24-7-8-25-30/h4-9,15-16H,3,10-13H2,1-2H3. The van der Waals surface area contributed by atoms with Crippen LogP contribution in [0.15, 0.2) is 36.7 Å². The average molecular weight is 421 g/mol. The van der Waals surface area contributed by atoms with Gasteiger partial charge >= 0.3 is 0 Å². The molecule has 2 unspecified atom stereocenters. The molecule has 2 fully saturated rings. The second kappa shape index (κ2) is 7.72. The molecule has 31 heavy (non-hydrogen) atoms. The first-order chi connectivity index (χ1) is 15.0. The molecule has 4 heterocycles. The Labute approximate surface area is 179 Å². The molecule has 2 aromatic heterocycles. The monoisotopic (exact) mass is 421 g/mol. The summed E-state index contributed by atoms with van der Waals surface area (Å²) in [5.74, 6) is 0.530. The summed E-state index contributed by atoms with van der Waals surface area (Å²) in [6.07, 6.45) is 3.88. The number of rotatable bonds is 4. The maximum absolute atomic E-state index is 14.7. The molecular formula is C22H24FN7O. The van der Waals surface area contributed by atoms with Crippen LogP contribution in [0.4, 0.5) is 10.3 Å². The zero-order chi connectivity index (χ0) is 21.5. The molecule has 160 valence electrons. The topological polar surface area (TPSA) is 80.0 Å². The van der Waals surface area contributed by atoms with Gasteiger partial charge in [-0.05, 0) is 31.5 Å². The van der Waals surface area contributed by atoms with Gasteiger partial charge in [0.2, 0.25) is 5.95 Å². The number of likely N-dealkylation sites (tertiary alicyclic amines) is 1. The Balaban J connectivity index is 1.34. The second-order valence-electron chi connectivity index (χ2n) is 8.24. The first kappa shape index (κ1) is 19.6. The lowest BCUT2D eigenvalue weighted by atomic mass is 10.0. The van der Waals surface area contributed by atoms with E-state index in [2.05, 4.69) is 32.0 Å². The third kappa shape index (κ3) is 3.54. The van der Waals surface area contributed by atoms with Crippen LogP contribution in [0.1, 0.15) is 28.7 Å². The third-order valence-corrected chi connectivity index (χ3v) is 6.15. The highest BCUT2D eigenvalue weighted by Gasteiger charge is 2.43. The Kier molecular flexibility index (Phi) is 4.88. The Morgan fingerprint density at radius 2 is 1.81 bits per heavy atom. The van der Waals surface area contributed by atoms with Crippen molar-refractivity contribution in [1.29, 1.82) is 0 Å². The predicted molar refractivity (Wildman–Crippen MR) is 113 cm³/mol. The van der Waals surface area contributed by atoms with Gasteiger partial charge in [-0.2, -0.15) is 15.0 Å². The highest BCUT2D eigenvalue weighted by Crippen LogP contribution is 2.34.